The first-order chi connectivity index (χ1) is 14.2. The van der Waals surface area contributed by atoms with E-state index in [2.05, 4.69) is 36.2 Å². The summed E-state index contributed by atoms with van der Waals surface area (Å²) in [5.41, 5.74) is 3.68. The summed E-state index contributed by atoms with van der Waals surface area (Å²) in [4.78, 5) is 15.6. The normalized spacial score (nSPS) is 11.1. The van der Waals surface area contributed by atoms with Crippen molar-refractivity contribution in [1.29, 1.82) is 0 Å². The van der Waals surface area contributed by atoms with E-state index in [1.165, 1.54) is 10.9 Å². The second kappa shape index (κ2) is 8.39. The molecule has 0 radical (unpaired) electrons. The number of aryl methyl sites for hydroxylation is 2. The minimum Gasteiger partial charge on any atom is -0.493 e. The Labute approximate surface area is 170 Å². The van der Waals surface area contributed by atoms with Crippen LogP contribution in [0, 0.1) is 6.92 Å². The molecule has 0 aliphatic heterocycles. The number of hydrogen-bond donors (Lipinski definition) is 1. The number of fused-ring (bicyclic) bond motifs is 2. The lowest BCUT2D eigenvalue weighted by Crippen LogP contribution is -2.09. The molecule has 0 atom stereocenters. The van der Waals surface area contributed by atoms with Gasteiger partial charge in [-0.3, -0.25) is 0 Å². The minimum absolute atomic E-state index is 0.302. The van der Waals surface area contributed by atoms with Gasteiger partial charge in [-0.25, -0.2) is 4.79 Å². The smallest absolute Gasteiger partial charge is 0.355 e. The third-order valence-corrected chi connectivity index (χ3v) is 5.09. The molecule has 0 amide bonds. The van der Waals surface area contributed by atoms with E-state index in [0.717, 1.165) is 40.4 Å². The predicted octanol–water partition coefficient (Wildman–Crippen LogP) is 5.82. The third-order valence-electron chi connectivity index (χ3n) is 5.09. The maximum absolute atomic E-state index is 12.4. The van der Waals surface area contributed by atoms with Crippen LogP contribution in [-0.4, -0.2) is 24.2 Å². The Kier molecular flexibility index (Phi) is 5.52. The van der Waals surface area contributed by atoms with Crippen LogP contribution < -0.4 is 4.74 Å². The first-order valence-electron chi connectivity index (χ1n) is 10.1. The van der Waals surface area contributed by atoms with Gasteiger partial charge in [0.25, 0.3) is 0 Å². The molecule has 0 fully saturated rings. The Hall–Kier alpha value is -3.27. The molecular weight excluding hydrogens is 362 g/mol. The van der Waals surface area contributed by atoms with E-state index in [-0.39, 0.29) is 5.97 Å². The van der Waals surface area contributed by atoms with Gasteiger partial charge in [0.2, 0.25) is 0 Å². The Balaban J connectivity index is 1.51. The van der Waals surface area contributed by atoms with Crippen molar-refractivity contribution >= 4 is 27.6 Å². The number of aromatic amines is 1. The van der Waals surface area contributed by atoms with Crippen molar-refractivity contribution in [1.82, 2.24) is 4.98 Å². The number of carbonyl (C=O) groups is 1. The highest BCUT2D eigenvalue weighted by atomic mass is 16.5. The molecule has 1 aromatic heterocycles. The van der Waals surface area contributed by atoms with Crippen LogP contribution in [0.2, 0.25) is 0 Å². The Morgan fingerprint density at radius 2 is 1.76 bits per heavy atom. The van der Waals surface area contributed by atoms with Crippen LogP contribution in [0.25, 0.3) is 21.7 Å². The summed E-state index contributed by atoms with van der Waals surface area (Å²) < 4.78 is 11.4. The SMILES string of the molecule is CCOC(=O)c1[nH]c2ccccc2c1CCCOc1cc(C)cc2ccccc12. The monoisotopic (exact) mass is 387 g/mol. The average molecular weight is 387 g/mol. The van der Waals surface area contributed by atoms with Crippen LogP contribution in [0.3, 0.4) is 0 Å². The van der Waals surface area contributed by atoms with E-state index in [1.807, 2.05) is 43.3 Å². The average Bonchev–Trinajstić information content (AvgIpc) is 3.10. The van der Waals surface area contributed by atoms with E-state index < -0.39 is 0 Å². The zero-order valence-corrected chi connectivity index (χ0v) is 16.8. The topological polar surface area (TPSA) is 51.3 Å². The van der Waals surface area contributed by atoms with Gasteiger partial charge in [0, 0.05) is 16.3 Å². The lowest BCUT2D eigenvalue weighted by Gasteiger charge is -2.11. The molecule has 0 unspecified atom stereocenters. The molecule has 1 N–H and O–H groups in total. The second-order valence-corrected chi connectivity index (χ2v) is 7.18. The van der Waals surface area contributed by atoms with Crippen molar-refractivity contribution in [2.24, 2.45) is 0 Å². The Bertz CT molecular complexity index is 1160. The zero-order chi connectivity index (χ0) is 20.2. The predicted molar refractivity (Wildman–Crippen MR) is 117 cm³/mol. The zero-order valence-electron chi connectivity index (χ0n) is 16.8. The van der Waals surface area contributed by atoms with Gasteiger partial charge in [-0.2, -0.15) is 0 Å². The molecule has 0 bridgehead atoms. The fourth-order valence-electron chi connectivity index (χ4n) is 3.81. The molecular formula is C25H25NO3. The van der Waals surface area contributed by atoms with Gasteiger partial charge in [-0.15, -0.1) is 0 Å². The summed E-state index contributed by atoms with van der Waals surface area (Å²) in [6.07, 6.45) is 1.54. The summed E-state index contributed by atoms with van der Waals surface area (Å²) in [5, 5.41) is 3.37. The van der Waals surface area contributed by atoms with Crippen LogP contribution in [0.4, 0.5) is 0 Å². The number of para-hydroxylation sites is 1. The number of rotatable bonds is 7. The van der Waals surface area contributed by atoms with Gasteiger partial charge < -0.3 is 14.5 Å². The van der Waals surface area contributed by atoms with Gasteiger partial charge in [-0.05, 0) is 55.3 Å². The van der Waals surface area contributed by atoms with Crippen LogP contribution in [-0.2, 0) is 11.2 Å². The van der Waals surface area contributed by atoms with Crippen molar-refractivity contribution in [3.05, 3.63) is 77.5 Å². The molecule has 4 nitrogen and oxygen atoms in total. The molecule has 148 valence electrons. The van der Waals surface area contributed by atoms with E-state index in [4.69, 9.17) is 9.47 Å². The molecule has 4 aromatic rings. The van der Waals surface area contributed by atoms with Crippen molar-refractivity contribution in [3.63, 3.8) is 0 Å². The number of benzene rings is 3. The second-order valence-electron chi connectivity index (χ2n) is 7.18. The molecule has 4 heteroatoms. The number of aromatic nitrogens is 1. The fourth-order valence-corrected chi connectivity index (χ4v) is 3.81. The van der Waals surface area contributed by atoms with Gasteiger partial charge in [0.05, 0.1) is 13.2 Å². The van der Waals surface area contributed by atoms with E-state index in [9.17, 15) is 4.79 Å². The molecule has 0 saturated carbocycles. The molecule has 0 saturated heterocycles. The first-order valence-corrected chi connectivity index (χ1v) is 10.1. The number of esters is 1. The van der Waals surface area contributed by atoms with Crippen molar-refractivity contribution in [3.8, 4) is 5.75 Å². The largest absolute Gasteiger partial charge is 0.493 e. The molecule has 29 heavy (non-hydrogen) atoms. The van der Waals surface area contributed by atoms with Gasteiger partial charge in [-0.1, -0.05) is 48.5 Å². The first kappa shape index (κ1) is 19.1. The van der Waals surface area contributed by atoms with Crippen LogP contribution in [0.5, 0.6) is 5.75 Å². The molecule has 3 aromatic carbocycles. The minimum atomic E-state index is -0.302. The summed E-state index contributed by atoms with van der Waals surface area (Å²) in [7, 11) is 0. The standard InChI is InChI=1S/C25H25NO3/c1-3-28-25(27)24-21(20-11-6-7-13-22(20)26-24)12-8-14-29-23-16-17(2)15-18-9-4-5-10-19(18)23/h4-7,9-11,13,15-16,26H,3,8,12,14H2,1-2H3. The van der Waals surface area contributed by atoms with Crippen molar-refractivity contribution in [2.75, 3.05) is 13.2 Å². The van der Waals surface area contributed by atoms with Crippen LogP contribution in [0.1, 0.15) is 35.0 Å². The maximum Gasteiger partial charge on any atom is 0.355 e. The van der Waals surface area contributed by atoms with Crippen LogP contribution in [0.15, 0.2) is 60.7 Å². The molecule has 0 aliphatic carbocycles. The Morgan fingerprint density at radius 1 is 1.00 bits per heavy atom. The number of carbonyl (C=O) groups excluding carboxylic acids is 1. The third kappa shape index (κ3) is 3.97. The van der Waals surface area contributed by atoms with Gasteiger partial charge >= 0.3 is 5.97 Å². The van der Waals surface area contributed by atoms with Gasteiger partial charge in [0.1, 0.15) is 11.4 Å². The summed E-state index contributed by atoms with van der Waals surface area (Å²) >= 11 is 0. The quantitative estimate of drug-likeness (QED) is 0.321. The Morgan fingerprint density at radius 3 is 2.59 bits per heavy atom. The van der Waals surface area contributed by atoms with Crippen LogP contribution >= 0.6 is 0 Å². The highest BCUT2D eigenvalue weighted by molar-refractivity contribution is 5.98. The van der Waals surface area contributed by atoms with Crippen molar-refractivity contribution in [2.45, 2.75) is 26.7 Å². The molecule has 0 spiro atoms. The highest BCUT2D eigenvalue weighted by Gasteiger charge is 2.18. The summed E-state index contributed by atoms with van der Waals surface area (Å²) in [5.74, 6) is 0.606. The van der Waals surface area contributed by atoms with E-state index in [0.29, 0.717) is 18.9 Å². The number of ether oxygens (including phenoxy) is 2. The van der Waals surface area contributed by atoms with E-state index in [1.54, 1.807) is 0 Å². The summed E-state index contributed by atoms with van der Waals surface area (Å²) in [6.45, 7) is 4.84. The number of hydrogen-bond acceptors (Lipinski definition) is 3. The molecule has 4 rings (SSSR count). The fraction of sp³-hybridized carbons (Fsp3) is 0.240. The highest BCUT2D eigenvalue weighted by Crippen LogP contribution is 2.28. The van der Waals surface area contributed by atoms with E-state index >= 15 is 0 Å². The molecule has 0 aliphatic rings. The lowest BCUT2D eigenvalue weighted by molar-refractivity contribution is 0.0519. The number of nitrogens with one attached hydrogen (secondary N) is 1. The maximum atomic E-state index is 12.4. The summed E-state index contributed by atoms with van der Waals surface area (Å²) in [6, 6.07) is 20.5. The van der Waals surface area contributed by atoms with Crippen molar-refractivity contribution < 1.29 is 14.3 Å². The molecule has 1 heterocycles. The van der Waals surface area contributed by atoms with Gasteiger partial charge in [0.15, 0.2) is 0 Å². The number of H-pyrrole nitrogens is 1. The lowest BCUT2D eigenvalue weighted by atomic mass is 10.1.